The van der Waals surface area contributed by atoms with Gasteiger partial charge in [0.05, 0.1) is 29.6 Å². The van der Waals surface area contributed by atoms with Crippen LogP contribution in [0, 0.1) is 47.3 Å². The zero-order valence-electron chi connectivity index (χ0n) is 24.1. The molecule has 0 spiro atoms. The molecule has 4 N–H and O–H groups in total. The maximum absolute atomic E-state index is 13.2. The van der Waals surface area contributed by atoms with Gasteiger partial charge in [0.15, 0.2) is 0 Å². The molecule has 8 atom stereocenters. The van der Waals surface area contributed by atoms with Crippen LogP contribution in [0.1, 0.15) is 53.4 Å². The fraction of sp³-hybridized carbons (Fsp3) is 0.733. The molecular formula is C30H42O11. The van der Waals surface area contributed by atoms with Crippen LogP contribution in [0.15, 0.2) is 23.3 Å². The van der Waals surface area contributed by atoms with Gasteiger partial charge in [0.2, 0.25) is 0 Å². The minimum Gasteiger partial charge on any atom is -0.478 e. The Bertz CT molecular complexity index is 1120. The van der Waals surface area contributed by atoms with Gasteiger partial charge in [0.1, 0.15) is 31.0 Å². The molecule has 0 aromatic rings. The van der Waals surface area contributed by atoms with E-state index in [4.69, 9.17) is 14.2 Å². The molecule has 4 aliphatic rings. The Balaban J connectivity index is 1.59. The molecule has 41 heavy (non-hydrogen) atoms. The maximum atomic E-state index is 13.2. The monoisotopic (exact) mass is 578 g/mol. The normalized spacial score (nSPS) is 37.5. The van der Waals surface area contributed by atoms with Crippen molar-refractivity contribution in [3.8, 4) is 0 Å². The third kappa shape index (κ3) is 5.94. The van der Waals surface area contributed by atoms with Crippen molar-refractivity contribution in [2.45, 2.75) is 64.6 Å². The molecular weight excluding hydrogens is 536 g/mol. The van der Waals surface area contributed by atoms with Crippen LogP contribution in [0.2, 0.25) is 0 Å². The van der Waals surface area contributed by atoms with Crippen molar-refractivity contribution in [1.82, 2.24) is 0 Å². The summed E-state index contributed by atoms with van der Waals surface area (Å²) >= 11 is 0. The summed E-state index contributed by atoms with van der Waals surface area (Å²) in [5.41, 5.74) is -3.37. The van der Waals surface area contributed by atoms with Gasteiger partial charge in [0, 0.05) is 0 Å². The molecule has 1 saturated heterocycles. The van der Waals surface area contributed by atoms with Gasteiger partial charge in [-0.15, -0.1) is 0 Å². The lowest BCUT2D eigenvalue weighted by Crippen LogP contribution is -2.55. The Kier molecular flexibility index (Phi) is 9.01. The number of allylic oxidation sites excluding steroid dienone is 2. The second-order valence-electron chi connectivity index (χ2n) is 12.8. The standard InChI is InChI=1S/C30H42O11/c1-15(2)19-5-8-30(38)14-41-28(36)24(30)21(19)9-17(11-31)26(34)40-13-29(37)7-6-20(16(3)4)22-10-18(25(32)33)12-39-27(35)23(22)29/h9-10,15-16,19-24,31,37-38H,5-8,11-14H2,1-4H3,(H,32,33). The molecule has 3 fully saturated rings. The number of aliphatic hydroxyl groups is 3. The minimum atomic E-state index is -1.82. The molecule has 2 saturated carbocycles. The Hall–Kier alpha value is -2.76. The number of ether oxygens (including phenoxy) is 3. The molecule has 0 amide bonds. The van der Waals surface area contributed by atoms with Crippen LogP contribution in [-0.4, -0.2) is 81.9 Å². The first-order valence-corrected chi connectivity index (χ1v) is 14.4. The summed E-state index contributed by atoms with van der Waals surface area (Å²) in [5, 5.41) is 42.5. The van der Waals surface area contributed by atoms with Crippen LogP contribution < -0.4 is 0 Å². The van der Waals surface area contributed by atoms with Crippen LogP contribution >= 0.6 is 0 Å². The summed E-state index contributed by atoms with van der Waals surface area (Å²) in [5.74, 6) is -6.66. The van der Waals surface area contributed by atoms with E-state index >= 15 is 0 Å². The van der Waals surface area contributed by atoms with Crippen molar-refractivity contribution in [3.63, 3.8) is 0 Å². The van der Waals surface area contributed by atoms with Crippen molar-refractivity contribution < 1.29 is 53.8 Å². The third-order valence-corrected chi connectivity index (χ3v) is 9.74. The lowest BCUT2D eigenvalue weighted by Gasteiger charge is -2.46. The number of aliphatic hydroxyl groups excluding tert-OH is 1. The predicted octanol–water partition coefficient (Wildman–Crippen LogP) is 1.63. The third-order valence-electron chi connectivity index (χ3n) is 9.74. The van der Waals surface area contributed by atoms with E-state index in [9.17, 15) is 39.6 Å². The summed E-state index contributed by atoms with van der Waals surface area (Å²) in [6, 6.07) is 0. The van der Waals surface area contributed by atoms with Crippen LogP contribution in [-0.2, 0) is 33.4 Å². The number of hydrogen-bond acceptors (Lipinski definition) is 10. The van der Waals surface area contributed by atoms with Gasteiger partial charge in [0.25, 0.3) is 0 Å². The first kappa shape index (κ1) is 31.2. The van der Waals surface area contributed by atoms with Crippen LogP contribution in [0.5, 0.6) is 0 Å². The molecule has 2 aliphatic carbocycles. The summed E-state index contributed by atoms with van der Waals surface area (Å²) in [4.78, 5) is 50.7. The van der Waals surface area contributed by atoms with E-state index in [0.717, 1.165) is 0 Å². The molecule has 11 nitrogen and oxygen atoms in total. The number of carbonyl (C=O) groups excluding carboxylic acids is 3. The number of aliphatic carboxylic acids is 1. The van der Waals surface area contributed by atoms with E-state index in [2.05, 4.69) is 0 Å². The Morgan fingerprint density at radius 3 is 2.27 bits per heavy atom. The van der Waals surface area contributed by atoms with Gasteiger partial charge < -0.3 is 34.6 Å². The van der Waals surface area contributed by atoms with Gasteiger partial charge >= 0.3 is 23.9 Å². The number of hydrogen-bond donors (Lipinski definition) is 4. The minimum absolute atomic E-state index is 0.0625. The number of rotatable bonds is 8. The van der Waals surface area contributed by atoms with Gasteiger partial charge in [-0.1, -0.05) is 39.8 Å². The maximum Gasteiger partial charge on any atom is 0.336 e. The van der Waals surface area contributed by atoms with E-state index < -0.39 is 78.6 Å². The smallest absolute Gasteiger partial charge is 0.336 e. The lowest BCUT2D eigenvalue weighted by atomic mass is 9.61. The Labute approximate surface area is 239 Å². The Morgan fingerprint density at radius 2 is 1.66 bits per heavy atom. The number of carboxylic acid groups (broad SMARTS) is 1. The van der Waals surface area contributed by atoms with Crippen LogP contribution in [0.25, 0.3) is 0 Å². The van der Waals surface area contributed by atoms with E-state index in [1.807, 2.05) is 27.7 Å². The molecule has 0 bridgehead atoms. The highest BCUT2D eigenvalue weighted by molar-refractivity contribution is 5.90. The molecule has 0 radical (unpaired) electrons. The molecule has 0 aromatic heterocycles. The Morgan fingerprint density at radius 1 is 1.02 bits per heavy atom. The summed E-state index contributed by atoms with van der Waals surface area (Å²) in [7, 11) is 0. The van der Waals surface area contributed by atoms with Crippen molar-refractivity contribution in [1.29, 1.82) is 0 Å². The molecule has 2 heterocycles. The molecule has 4 rings (SSSR count). The second kappa shape index (κ2) is 11.9. The van der Waals surface area contributed by atoms with Crippen molar-refractivity contribution in [2.24, 2.45) is 47.3 Å². The van der Waals surface area contributed by atoms with Gasteiger partial charge in [-0.2, -0.15) is 0 Å². The predicted molar refractivity (Wildman–Crippen MR) is 143 cm³/mol. The molecule has 2 aliphatic heterocycles. The van der Waals surface area contributed by atoms with Gasteiger partial charge in [-0.05, 0) is 61.2 Å². The average molecular weight is 579 g/mol. The summed E-state index contributed by atoms with van der Waals surface area (Å²) < 4.78 is 15.9. The highest BCUT2D eigenvalue weighted by atomic mass is 16.6. The highest BCUT2D eigenvalue weighted by Crippen LogP contribution is 2.50. The quantitative estimate of drug-likeness (QED) is 0.187. The number of fused-ring (bicyclic) bond motifs is 2. The van der Waals surface area contributed by atoms with Crippen molar-refractivity contribution in [2.75, 3.05) is 26.4 Å². The van der Waals surface area contributed by atoms with Crippen molar-refractivity contribution in [3.05, 3.63) is 23.3 Å². The zero-order valence-corrected chi connectivity index (χ0v) is 24.1. The second-order valence-corrected chi connectivity index (χ2v) is 12.8. The molecule has 228 valence electrons. The van der Waals surface area contributed by atoms with E-state index in [0.29, 0.717) is 19.3 Å². The van der Waals surface area contributed by atoms with E-state index in [1.165, 1.54) is 12.2 Å². The first-order valence-electron chi connectivity index (χ1n) is 14.4. The van der Waals surface area contributed by atoms with Gasteiger partial charge in [-0.25, -0.2) is 9.59 Å². The molecule has 11 heteroatoms. The fourth-order valence-electron chi connectivity index (χ4n) is 7.45. The SMILES string of the molecule is CC(C)C1CCC(O)(COC(=O)C(=CC2C(C(C)C)CCC3(O)COC(=O)C23)CO)C2C(=O)OCC(C(=O)O)=CC12. The van der Waals surface area contributed by atoms with Crippen LogP contribution in [0.4, 0.5) is 0 Å². The zero-order chi connectivity index (χ0) is 30.3. The van der Waals surface area contributed by atoms with Gasteiger partial charge in [-0.3, -0.25) is 9.59 Å². The lowest BCUT2D eigenvalue weighted by molar-refractivity contribution is -0.181. The number of cyclic esters (lactones) is 2. The summed E-state index contributed by atoms with van der Waals surface area (Å²) in [6.07, 6.45) is 4.55. The number of carbonyl (C=O) groups is 4. The van der Waals surface area contributed by atoms with Crippen molar-refractivity contribution >= 4 is 23.9 Å². The summed E-state index contributed by atoms with van der Waals surface area (Å²) in [6.45, 7) is 6.09. The number of carboxylic acids is 1. The van der Waals surface area contributed by atoms with Crippen LogP contribution in [0.3, 0.4) is 0 Å². The number of esters is 3. The topological polar surface area (TPSA) is 177 Å². The largest absolute Gasteiger partial charge is 0.478 e. The fourth-order valence-corrected chi connectivity index (χ4v) is 7.45. The highest BCUT2D eigenvalue weighted by Gasteiger charge is 2.58. The average Bonchev–Trinajstić information content (AvgIpc) is 3.09. The van der Waals surface area contributed by atoms with E-state index in [1.54, 1.807) is 0 Å². The molecule has 0 aromatic carbocycles. The first-order chi connectivity index (χ1) is 19.2. The van der Waals surface area contributed by atoms with E-state index in [-0.39, 0.29) is 47.8 Å². The molecule has 8 unspecified atom stereocenters.